The minimum atomic E-state index is -2.86. The average Bonchev–Trinajstić information content (AvgIpc) is 2.41. The second-order valence-electron chi connectivity index (χ2n) is 3.50. The Labute approximate surface area is 88.4 Å². The number of nitrogens with two attached hydrogens (primary N) is 3. The monoisotopic (exact) mass is 233 g/mol. The maximum atomic E-state index is 11.1. The fraction of sp³-hybridized carbons (Fsp3) is 0.714. The number of guanidine groups is 2. The van der Waals surface area contributed by atoms with Crippen LogP contribution in [-0.4, -0.2) is 38.4 Å². The van der Waals surface area contributed by atoms with Crippen LogP contribution in [0.1, 0.15) is 6.42 Å². The third-order valence-corrected chi connectivity index (χ3v) is 3.92. The first-order chi connectivity index (χ1) is 6.89. The van der Waals surface area contributed by atoms with Gasteiger partial charge in [0.25, 0.3) is 0 Å². The molecule has 1 aliphatic rings. The molecule has 86 valence electrons. The molecule has 0 bridgehead atoms. The smallest absolute Gasteiger partial charge is 0.218 e. The second-order valence-corrected chi connectivity index (χ2v) is 5.73. The molecule has 0 aromatic heterocycles. The van der Waals surface area contributed by atoms with Gasteiger partial charge in [0.1, 0.15) is 0 Å². The van der Waals surface area contributed by atoms with Crippen LogP contribution in [-0.2, 0) is 9.84 Å². The van der Waals surface area contributed by atoms with E-state index in [2.05, 4.69) is 9.98 Å². The standard InChI is InChI=1S/C7H15N5O2S/c8-6(9)12-7(10)11-3-5-1-2-15(13,14)4-5/h5H,1-4H2,(H6,8,9,10,11,12). The van der Waals surface area contributed by atoms with Crippen molar-refractivity contribution in [2.24, 2.45) is 33.1 Å². The van der Waals surface area contributed by atoms with Crippen molar-refractivity contribution in [1.82, 2.24) is 0 Å². The summed E-state index contributed by atoms with van der Waals surface area (Å²) >= 11 is 0. The first-order valence-corrected chi connectivity index (χ1v) is 6.31. The Morgan fingerprint density at radius 3 is 2.47 bits per heavy atom. The van der Waals surface area contributed by atoms with Crippen molar-refractivity contribution in [3.05, 3.63) is 0 Å². The lowest BCUT2D eigenvalue weighted by atomic mass is 10.1. The summed E-state index contributed by atoms with van der Waals surface area (Å²) in [5.74, 6) is 0.262. The molecule has 6 N–H and O–H groups in total. The number of rotatable bonds is 2. The maximum absolute atomic E-state index is 11.1. The zero-order chi connectivity index (χ0) is 11.5. The van der Waals surface area contributed by atoms with Gasteiger partial charge in [-0.15, -0.1) is 0 Å². The van der Waals surface area contributed by atoms with Gasteiger partial charge in [0.2, 0.25) is 5.96 Å². The lowest BCUT2D eigenvalue weighted by Crippen LogP contribution is -2.26. The Morgan fingerprint density at radius 2 is 2.00 bits per heavy atom. The van der Waals surface area contributed by atoms with Crippen LogP contribution in [0.25, 0.3) is 0 Å². The molecular formula is C7H15N5O2S. The molecule has 0 aliphatic carbocycles. The van der Waals surface area contributed by atoms with Gasteiger partial charge < -0.3 is 17.2 Å². The zero-order valence-corrected chi connectivity index (χ0v) is 9.07. The summed E-state index contributed by atoms with van der Waals surface area (Å²) in [6.07, 6.45) is 0.626. The molecule has 1 rings (SSSR count). The molecule has 0 radical (unpaired) electrons. The Kier molecular flexibility index (Phi) is 3.51. The summed E-state index contributed by atoms with van der Waals surface area (Å²) in [5, 5.41) is 0. The van der Waals surface area contributed by atoms with E-state index >= 15 is 0 Å². The Morgan fingerprint density at radius 1 is 1.33 bits per heavy atom. The van der Waals surface area contributed by atoms with Crippen LogP contribution in [0, 0.1) is 5.92 Å². The first-order valence-electron chi connectivity index (χ1n) is 4.49. The van der Waals surface area contributed by atoms with E-state index in [1.54, 1.807) is 0 Å². The Hall–Kier alpha value is -1.31. The van der Waals surface area contributed by atoms with Crippen molar-refractivity contribution in [2.75, 3.05) is 18.1 Å². The number of hydrogen-bond donors (Lipinski definition) is 3. The lowest BCUT2D eigenvalue weighted by molar-refractivity contribution is 0.591. The van der Waals surface area contributed by atoms with E-state index in [1.165, 1.54) is 0 Å². The van der Waals surface area contributed by atoms with Gasteiger partial charge in [-0.3, -0.25) is 4.99 Å². The van der Waals surface area contributed by atoms with Gasteiger partial charge in [0.05, 0.1) is 11.5 Å². The number of hydrogen-bond acceptors (Lipinski definition) is 3. The van der Waals surface area contributed by atoms with Crippen LogP contribution in [0.4, 0.5) is 0 Å². The summed E-state index contributed by atoms with van der Waals surface area (Å²) in [7, 11) is -2.86. The van der Waals surface area contributed by atoms with E-state index in [0.717, 1.165) is 0 Å². The maximum Gasteiger partial charge on any atom is 0.218 e. The largest absolute Gasteiger partial charge is 0.370 e. The molecule has 0 saturated carbocycles. The van der Waals surface area contributed by atoms with E-state index in [1.807, 2.05) is 0 Å². The lowest BCUT2D eigenvalue weighted by Gasteiger charge is -2.02. The highest BCUT2D eigenvalue weighted by Gasteiger charge is 2.27. The summed E-state index contributed by atoms with van der Waals surface area (Å²) in [5.41, 5.74) is 15.6. The summed E-state index contributed by atoms with van der Waals surface area (Å²) in [4.78, 5) is 7.42. The van der Waals surface area contributed by atoms with Crippen molar-refractivity contribution < 1.29 is 8.42 Å². The molecule has 0 aromatic rings. The van der Waals surface area contributed by atoms with Crippen LogP contribution in [0.3, 0.4) is 0 Å². The normalized spacial score (nSPS) is 25.1. The SMILES string of the molecule is NC(N)=NC(N)=NCC1CCS(=O)(=O)C1. The molecule has 0 aromatic carbocycles. The van der Waals surface area contributed by atoms with E-state index in [-0.39, 0.29) is 29.3 Å². The van der Waals surface area contributed by atoms with Gasteiger partial charge in [0, 0.05) is 6.54 Å². The minimum absolute atomic E-state index is 0.0145. The predicted molar refractivity (Wildman–Crippen MR) is 59.1 cm³/mol. The van der Waals surface area contributed by atoms with Crippen LogP contribution in [0.5, 0.6) is 0 Å². The fourth-order valence-corrected chi connectivity index (χ4v) is 3.26. The fourth-order valence-electron chi connectivity index (χ4n) is 1.41. The van der Waals surface area contributed by atoms with Gasteiger partial charge in [-0.1, -0.05) is 0 Å². The molecular weight excluding hydrogens is 218 g/mol. The van der Waals surface area contributed by atoms with Crippen LogP contribution < -0.4 is 17.2 Å². The zero-order valence-electron chi connectivity index (χ0n) is 8.26. The van der Waals surface area contributed by atoms with Gasteiger partial charge in [-0.2, -0.15) is 4.99 Å². The van der Waals surface area contributed by atoms with Crippen LogP contribution >= 0.6 is 0 Å². The molecule has 1 aliphatic heterocycles. The highest BCUT2D eigenvalue weighted by Crippen LogP contribution is 2.18. The number of aliphatic imine (C=N–C) groups is 2. The van der Waals surface area contributed by atoms with Crippen molar-refractivity contribution in [3.8, 4) is 0 Å². The molecule has 1 heterocycles. The highest BCUT2D eigenvalue weighted by atomic mass is 32.2. The molecule has 15 heavy (non-hydrogen) atoms. The molecule has 1 saturated heterocycles. The third kappa shape index (κ3) is 4.15. The van der Waals surface area contributed by atoms with Crippen LogP contribution in [0.2, 0.25) is 0 Å². The van der Waals surface area contributed by atoms with Crippen molar-refractivity contribution in [2.45, 2.75) is 6.42 Å². The molecule has 1 atom stereocenters. The summed E-state index contributed by atoms with van der Waals surface area (Å²) in [6, 6.07) is 0. The quantitative estimate of drug-likeness (QED) is 0.374. The average molecular weight is 233 g/mol. The Balaban J connectivity index is 2.48. The van der Waals surface area contributed by atoms with Crippen molar-refractivity contribution in [1.29, 1.82) is 0 Å². The van der Waals surface area contributed by atoms with Crippen LogP contribution in [0.15, 0.2) is 9.98 Å². The van der Waals surface area contributed by atoms with Gasteiger partial charge in [-0.05, 0) is 12.3 Å². The van der Waals surface area contributed by atoms with Crippen molar-refractivity contribution in [3.63, 3.8) is 0 Å². The van der Waals surface area contributed by atoms with E-state index in [9.17, 15) is 8.42 Å². The number of nitrogens with zero attached hydrogens (tertiary/aromatic N) is 2. The second kappa shape index (κ2) is 4.47. The molecule has 0 amide bonds. The minimum Gasteiger partial charge on any atom is -0.370 e. The molecule has 1 fully saturated rings. The Bertz CT molecular complexity index is 382. The van der Waals surface area contributed by atoms with E-state index in [4.69, 9.17) is 17.2 Å². The predicted octanol–water partition coefficient (Wildman–Crippen LogP) is -1.99. The van der Waals surface area contributed by atoms with Gasteiger partial charge in [0.15, 0.2) is 15.8 Å². The van der Waals surface area contributed by atoms with Gasteiger partial charge in [-0.25, -0.2) is 8.42 Å². The molecule has 7 nitrogen and oxygen atoms in total. The number of sulfone groups is 1. The summed E-state index contributed by atoms with van der Waals surface area (Å²) < 4.78 is 22.2. The highest BCUT2D eigenvalue weighted by molar-refractivity contribution is 7.91. The first kappa shape index (κ1) is 11.8. The molecule has 1 unspecified atom stereocenters. The molecule has 8 heteroatoms. The topological polar surface area (TPSA) is 137 Å². The van der Waals surface area contributed by atoms with Crippen molar-refractivity contribution >= 4 is 21.8 Å². The van der Waals surface area contributed by atoms with E-state index < -0.39 is 9.84 Å². The van der Waals surface area contributed by atoms with E-state index in [0.29, 0.717) is 13.0 Å². The molecule has 0 spiro atoms. The summed E-state index contributed by atoms with van der Waals surface area (Å²) in [6.45, 7) is 0.349. The van der Waals surface area contributed by atoms with Gasteiger partial charge >= 0.3 is 0 Å². The third-order valence-electron chi connectivity index (χ3n) is 2.08.